The second-order valence-corrected chi connectivity index (χ2v) is 7.39. The summed E-state index contributed by atoms with van der Waals surface area (Å²) in [5.41, 5.74) is 3.81. The largest absolute Gasteiger partial charge is 0.325 e. The lowest BCUT2D eigenvalue weighted by atomic mass is 10.2. The average molecular weight is 420 g/mol. The van der Waals surface area contributed by atoms with Gasteiger partial charge in [0.2, 0.25) is 0 Å². The van der Waals surface area contributed by atoms with Gasteiger partial charge < -0.3 is 10.6 Å². The van der Waals surface area contributed by atoms with Crippen LogP contribution >= 0.6 is 0 Å². The zero-order valence-electron chi connectivity index (χ0n) is 17.3. The Hall–Kier alpha value is -4.52. The lowest BCUT2D eigenvalue weighted by Gasteiger charge is -2.09. The van der Waals surface area contributed by atoms with Gasteiger partial charge in [-0.25, -0.2) is 9.97 Å². The fourth-order valence-corrected chi connectivity index (χ4v) is 3.44. The maximum Gasteiger partial charge on any atom is 0.276 e. The molecule has 0 aliphatic heterocycles. The molecule has 0 aliphatic carbocycles. The molecule has 0 unspecified atom stereocenters. The summed E-state index contributed by atoms with van der Waals surface area (Å²) in [4.78, 5) is 22.0. The Bertz CT molecular complexity index is 1410. The van der Waals surface area contributed by atoms with E-state index in [2.05, 4.69) is 20.8 Å². The van der Waals surface area contributed by atoms with Gasteiger partial charge in [0.1, 0.15) is 11.6 Å². The molecule has 5 aromatic rings. The highest BCUT2D eigenvalue weighted by atomic mass is 16.1. The molecule has 156 valence electrons. The molecule has 0 bridgehead atoms. The number of H-pyrrole nitrogens is 1. The third kappa shape index (κ3) is 4.04. The predicted octanol–water partition coefficient (Wildman–Crippen LogP) is 5.32. The van der Waals surface area contributed by atoms with Gasteiger partial charge in [0.25, 0.3) is 5.91 Å². The van der Waals surface area contributed by atoms with E-state index < -0.39 is 0 Å². The highest BCUT2D eigenvalue weighted by Crippen LogP contribution is 2.27. The van der Waals surface area contributed by atoms with Crippen LogP contribution in [0.15, 0.2) is 84.9 Å². The Morgan fingerprint density at radius 3 is 2.53 bits per heavy atom. The van der Waals surface area contributed by atoms with Crippen LogP contribution < -0.4 is 10.6 Å². The van der Waals surface area contributed by atoms with E-state index in [0.717, 1.165) is 27.7 Å². The molecule has 32 heavy (non-hydrogen) atoms. The molecule has 0 spiro atoms. The van der Waals surface area contributed by atoms with Gasteiger partial charge in [-0.3, -0.25) is 9.89 Å². The predicted molar refractivity (Wildman–Crippen MR) is 126 cm³/mol. The second-order valence-electron chi connectivity index (χ2n) is 7.39. The number of hydrogen-bond donors (Lipinski definition) is 3. The van der Waals surface area contributed by atoms with E-state index in [9.17, 15) is 4.79 Å². The molecule has 0 atom stereocenters. The monoisotopic (exact) mass is 420 g/mol. The van der Waals surface area contributed by atoms with Crippen molar-refractivity contribution < 1.29 is 4.79 Å². The molecule has 3 aromatic carbocycles. The van der Waals surface area contributed by atoms with Crippen LogP contribution in [0.25, 0.3) is 22.3 Å². The van der Waals surface area contributed by atoms with Crippen molar-refractivity contribution in [3.63, 3.8) is 0 Å². The van der Waals surface area contributed by atoms with E-state index in [1.54, 1.807) is 6.07 Å². The zero-order valence-corrected chi connectivity index (χ0v) is 17.3. The zero-order chi connectivity index (χ0) is 21.9. The van der Waals surface area contributed by atoms with E-state index in [0.29, 0.717) is 17.5 Å². The SMILES string of the molecule is Cc1cccc(NC(=O)c2cc(Nc3nc(-c4ccccc4)nc4ccccc34)[nH]n2)c1. The number of amides is 1. The van der Waals surface area contributed by atoms with Crippen molar-refractivity contribution in [1.82, 2.24) is 20.2 Å². The Kier molecular flexibility index (Phi) is 5.05. The van der Waals surface area contributed by atoms with E-state index in [1.807, 2.05) is 85.8 Å². The summed E-state index contributed by atoms with van der Waals surface area (Å²) in [6, 6.07) is 26.9. The van der Waals surface area contributed by atoms with Crippen LogP contribution in [-0.2, 0) is 0 Å². The Morgan fingerprint density at radius 2 is 1.69 bits per heavy atom. The number of aromatic amines is 1. The number of rotatable bonds is 5. The molecule has 7 nitrogen and oxygen atoms in total. The lowest BCUT2D eigenvalue weighted by Crippen LogP contribution is -2.12. The van der Waals surface area contributed by atoms with Crippen molar-refractivity contribution in [2.75, 3.05) is 10.6 Å². The van der Waals surface area contributed by atoms with Gasteiger partial charge in [-0.05, 0) is 36.8 Å². The number of carbonyl (C=O) groups is 1. The third-order valence-electron chi connectivity index (χ3n) is 4.97. The first-order chi connectivity index (χ1) is 15.7. The van der Waals surface area contributed by atoms with E-state index in [-0.39, 0.29) is 11.6 Å². The van der Waals surface area contributed by atoms with E-state index in [4.69, 9.17) is 9.97 Å². The number of benzene rings is 3. The van der Waals surface area contributed by atoms with Crippen LogP contribution in [0.3, 0.4) is 0 Å². The Morgan fingerprint density at radius 1 is 0.875 bits per heavy atom. The topological polar surface area (TPSA) is 95.6 Å². The van der Waals surface area contributed by atoms with Crippen molar-refractivity contribution in [1.29, 1.82) is 0 Å². The van der Waals surface area contributed by atoms with E-state index in [1.165, 1.54) is 0 Å². The fourth-order valence-electron chi connectivity index (χ4n) is 3.44. The molecule has 0 aliphatic rings. The summed E-state index contributed by atoms with van der Waals surface area (Å²) in [7, 11) is 0. The van der Waals surface area contributed by atoms with Crippen LogP contribution in [0.4, 0.5) is 17.3 Å². The molecule has 1 amide bonds. The molecule has 2 aromatic heterocycles. The lowest BCUT2D eigenvalue weighted by molar-refractivity contribution is 0.102. The molecule has 0 saturated heterocycles. The maximum atomic E-state index is 12.6. The quantitative estimate of drug-likeness (QED) is 0.357. The number of aryl methyl sites for hydroxylation is 1. The smallest absolute Gasteiger partial charge is 0.276 e. The summed E-state index contributed by atoms with van der Waals surface area (Å²) < 4.78 is 0. The van der Waals surface area contributed by atoms with Gasteiger partial charge in [-0.15, -0.1) is 0 Å². The van der Waals surface area contributed by atoms with Crippen LogP contribution in [0.1, 0.15) is 16.1 Å². The molecular weight excluding hydrogens is 400 g/mol. The molecule has 0 radical (unpaired) electrons. The normalized spacial score (nSPS) is 10.8. The van der Waals surface area contributed by atoms with Crippen molar-refractivity contribution in [2.24, 2.45) is 0 Å². The first-order valence-corrected chi connectivity index (χ1v) is 10.2. The molecule has 3 N–H and O–H groups in total. The minimum Gasteiger partial charge on any atom is -0.325 e. The highest BCUT2D eigenvalue weighted by Gasteiger charge is 2.14. The number of carbonyl (C=O) groups excluding carboxylic acids is 1. The molecule has 5 rings (SSSR count). The van der Waals surface area contributed by atoms with Crippen molar-refractivity contribution in [3.8, 4) is 11.4 Å². The fraction of sp³-hybridized carbons (Fsp3) is 0.0400. The van der Waals surface area contributed by atoms with Crippen LogP contribution in [0, 0.1) is 6.92 Å². The number of nitrogens with zero attached hydrogens (tertiary/aromatic N) is 3. The van der Waals surface area contributed by atoms with Gasteiger partial charge in [-0.1, -0.05) is 54.6 Å². The second kappa shape index (κ2) is 8.31. The number of nitrogens with one attached hydrogen (secondary N) is 3. The Balaban J connectivity index is 1.44. The maximum absolute atomic E-state index is 12.6. The van der Waals surface area contributed by atoms with Crippen molar-refractivity contribution >= 4 is 34.1 Å². The van der Waals surface area contributed by atoms with Gasteiger partial charge in [0, 0.05) is 22.7 Å². The van der Waals surface area contributed by atoms with E-state index >= 15 is 0 Å². The molecular formula is C25H20N6O. The summed E-state index contributed by atoms with van der Waals surface area (Å²) >= 11 is 0. The minimum atomic E-state index is -0.294. The van der Waals surface area contributed by atoms with Crippen LogP contribution in [0.2, 0.25) is 0 Å². The standard InChI is InChI=1S/C25H20N6O/c1-16-8-7-11-18(14-16)26-25(32)21-15-22(31-30-21)28-24-19-12-5-6-13-20(19)27-23(29-24)17-9-3-2-4-10-17/h2-15H,1H3,(H,26,32)(H2,27,28,29,30,31). The number of anilines is 3. The number of hydrogen-bond acceptors (Lipinski definition) is 5. The van der Waals surface area contributed by atoms with Crippen molar-refractivity contribution in [3.05, 3.63) is 96.2 Å². The van der Waals surface area contributed by atoms with Crippen LogP contribution in [0.5, 0.6) is 0 Å². The van der Waals surface area contributed by atoms with Crippen molar-refractivity contribution in [2.45, 2.75) is 6.92 Å². The summed E-state index contributed by atoms with van der Waals surface area (Å²) in [6.07, 6.45) is 0. The number of para-hydroxylation sites is 1. The van der Waals surface area contributed by atoms with Crippen LogP contribution in [-0.4, -0.2) is 26.1 Å². The summed E-state index contributed by atoms with van der Waals surface area (Å²) in [5.74, 6) is 1.51. The minimum absolute atomic E-state index is 0.274. The Labute approximate surface area is 184 Å². The highest BCUT2D eigenvalue weighted by molar-refractivity contribution is 6.03. The first kappa shape index (κ1) is 19.4. The van der Waals surface area contributed by atoms with Gasteiger partial charge >= 0.3 is 0 Å². The molecule has 2 heterocycles. The number of aromatic nitrogens is 4. The molecule has 0 saturated carbocycles. The summed E-state index contributed by atoms with van der Waals surface area (Å²) in [6.45, 7) is 1.97. The first-order valence-electron chi connectivity index (χ1n) is 10.2. The summed E-state index contributed by atoms with van der Waals surface area (Å²) in [5, 5.41) is 14.0. The average Bonchev–Trinajstić information content (AvgIpc) is 3.28. The molecule has 7 heteroatoms. The van der Waals surface area contributed by atoms with Gasteiger partial charge in [0.05, 0.1) is 5.52 Å². The number of fused-ring (bicyclic) bond motifs is 1. The van der Waals surface area contributed by atoms with Gasteiger partial charge in [0.15, 0.2) is 11.5 Å². The van der Waals surface area contributed by atoms with Gasteiger partial charge in [-0.2, -0.15) is 5.10 Å². The molecule has 0 fully saturated rings. The third-order valence-corrected chi connectivity index (χ3v) is 4.97.